The third-order valence-corrected chi connectivity index (χ3v) is 6.60. The van der Waals surface area contributed by atoms with Crippen molar-refractivity contribution in [2.24, 2.45) is 0 Å². The molecule has 0 saturated carbocycles. The van der Waals surface area contributed by atoms with Crippen LogP contribution in [0.2, 0.25) is 0 Å². The molecule has 0 unspecified atom stereocenters. The molecule has 0 spiro atoms. The molecule has 0 amide bonds. The molecule has 5 rings (SSSR count). The zero-order chi connectivity index (χ0) is 22.2. The number of methoxy groups -OCH3 is 1. The molecule has 0 bridgehead atoms. The lowest BCUT2D eigenvalue weighted by Crippen LogP contribution is -2.45. The van der Waals surface area contributed by atoms with E-state index >= 15 is 0 Å². The number of hydrogen-bond donors (Lipinski definition) is 0. The van der Waals surface area contributed by atoms with E-state index in [4.69, 9.17) is 9.47 Å². The predicted molar refractivity (Wildman–Crippen MR) is 125 cm³/mol. The Hall–Kier alpha value is -3.09. The molecule has 0 N–H and O–H groups in total. The highest BCUT2D eigenvalue weighted by atomic mass is 16.5. The van der Waals surface area contributed by atoms with Crippen LogP contribution in [0.25, 0.3) is 17.0 Å². The lowest BCUT2D eigenvalue weighted by molar-refractivity contribution is 0.101. The van der Waals surface area contributed by atoms with Crippen molar-refractivity contribution in [3.05, 3.63) is 65.0 Å². The normalized spacial score (nSPS) is 18.3. The van der Waals surface area contributed by atoms with E-state index in [9.17, 15) is 4.79 Å². The van der Waals surface area contributed by atoms with Crippen molar-refractivity contribution in [2.45, 2.75) is 13.5 Å². The average molecular weight is 431 g/mol. The molecule has 1 radical (unpaired) electrons. The van der Waals surface area contributed by atoms with Gasteiger partial charge in [-0.3, -0.25) is 9.69 Å². The molecule has 3 aromatic rings. The van der Waals surface area contributed by atoms with Gasteiger partial charge in [0.15, 0.2) is 5.76 Å². The topological polar surface area (TPSA) is 46.9 Å². The molecule has 32 heavy (non-hydrogen) atoms. The van der Waals surface area contributed by atoms with Gasteiger partial charge in [0.1, 0.15) is 11.5 Å². The summed E-state index contributed by atoms with van der Waals surface area (Å²) in [6.45, 7) is 8.41. The predicted octanol–water partition coefficient (Wildman–Crippen LogP) is 3.62. The van der Waals surface area contributed by atoms with Crippen LogP contribution in [0.4, 0.5) is 0 Å². The molecule has 2 aliphatic heterocycles. The number of nitrogens with zero attached hydrogens (tertiary/aromatic N) is 3. The molecule has 0 aliphatic carbocycles. The van der Waals surface area contributed by atoms with Gasteiger partial charge in [-0.15, -0.1) is 0 Å². The highest BCUT2D eigenvalue weighted by Crippen LogP contribution is 2.35. The Morgan fingerprint density at radius 1 is 1.16 bits per heavy atom. The Morgan fingerprint density at radius 3 is 2.72 bits per heavy atom. The third-order valence-electron chi connectivity index (χ3n) is 6.60. The van der Waals surface area contributed by atoms with Gasteiger partial charge < -0.3 is 18.9 Å². The minimum atomic E-state index is -0.0883. The van der Waals surface area contributed by atoms with Crippen molar-refractivity contribution < 1.29 is 14.3 Å². The Kier molecular flexibility index (Phi) is 5.49. The standard InChI is InChI=1S/C26H28N3O3/c1-18-21(17-25-26(30)20-6-4-5-7-24(20)32-25)22-16-19(31-3)8-9-23(22)29(18)15-14-28-12-10-27(2)11-13-28/h4,6-9,16-17H,10-15H2,1-3H3. The highest BCUT2D eigenvalue weighted by molar-refractivity contribution is 6.15. The monoisotopic (exact) mass is 430 g/mol. The molecule has 1 fully saturated rings. The number of ether oxygens (including phenoxy) is 2. The van der Waals surface area contributed by atoms with Crippen molar-refractivity contribution in [1.82, 2.24) is 14.4 Å². The number of hydrogen-bond acceptors (Lipinski definition) is 5. The van der Waals surface area contributed by atoms with Gasteiger partial charge in [-0.1, -0.05) is 6.07 Å². The zero-order valence-corrected chi connectivity index (χ0v) is 18.9. The van der Waals surface area contributed by atoms with E-state index in [1.807, 2.05) is 18.2 Å². The number of carbonyl (C=O) groups excluding carboxylic acids is 1. The fraction of sp³-hybridized carbons (Fsp3) is 0.346. The molecular formula is C26H28N3O3. The number of fused-ring (bicyclic) bond motifs is 2. The van der Waals surface area contributed by atoms with Crippen LogP contribution in [-0.2, 0) is 6.54 Å². The number of Topliss-reactive ketones (excluding diaryl/α,β-unsaturated/α-hetero) is 1. The average Bonchev–Trinajstić information content (AvgIpc) is 3.27. The molecule has 2 aliphatic rings. The number of carbonyl (C=O) groups is 1. The fourth-order valence-corrected chi connectivity index (χ4v) is 4.61. The summed E-state index contributed by atoms with van der Waals surface area (Å²) < 4.78 is 13.7. The quantitative estimate of drug-likeness (QED) is 0.579. The van der Waals surface area contributed by atoms with Crippen LogP contribution < -0.4 is 9.47 Å². The van der Waals surface area contributed by atoms with Crippen LogP contribution in [0.1, 0.15) is 21.6 Å². The number of piperazine rings is 1. The van der Waals surface area contributed by atoms with Gasteiger partial charge >= 0.3 is 0 Å². The molecule has 165 valence electrons. The first-order valence-corrected chi connectivity index (χ1v) is 11.1. The first kappa shape index (κ1) is 20.8. The van der Waals surface area contributed by atoms with Gasteiger partial charge in [-0.25, -0.2) is 0 Å². The van der Waals surface area contributed by atoms with Gasteiger partial charge in [0.05, 0.1) is 12.7 Å². The van der Waals surface area contributed by atoms with E-state index in [-0.39, 0.29) is 5.78 Å². The SMILES string of the molecule is COc1ccc2c(c1)c(C=C1Oc3c[c]ccc3C1=O)c(C)n2CCN1CCN(C)CC1. The lowest BCUT2D eigenvalue weighted by atomic mass is 10.1. The summed E-state index contributed by atoms with van der Waals surface area (Å²) in [5, 5.41) is 1.06. The molecular weight excluding hydrogens is 402 g/mol. The molecule has 6 heteroatoms. The van der Waals surface area contributed by atoms with Crippen molar-refractivity contribution >= 4 is 22.8 Å². The van der Waals surface area contributed by atoms with Crippen LogP contribution in [0, 0.1) is 13.0 Å². The molecule has 6 nitrogen and oxygen atoms in total. The van der Waals surface area contributed by atoms with Gasteiger partial charge in [0.2, 0.25) is 5.78 Å². The van der Waals surface area contributed by atoms with E-state index in [1.165, 1.54) is 0 Å². The van der Waals surface area contributed by atoms with E-state index in [0.29, 0.717) is 17.1 Å². The highest BCUT2D eigenvalue weighted by Gasteiger charge is 2.28. The second-order valence-electron chi connectivity index (χ2n) is 8.54. The Balaban J connectivity index is 1.51. The van der Waals surface area contributed by atoms with Gasteiger partial charge in [0, 0.05) is 61.4 Å². The summed E-state index contributed by atoms with van der Waals surface area (Å²) in [5.74, 6) is 1.63. The lowest BCUT2D eigenvalue weighted by Gasteiger charge is -2.32. The summed E-state index contributed by atoms with van der Waals surface area (Å²) in [5.41, 5.74) is 3.84. The zero-order valence-electron chi connectivity index (χ0n) is 18.9. The minimum absolute atomic E-state index is 0.0883. The molecule has 1 saturated heterocycles. The number of ketones is 1. The number of benzene rings is 2. The maximum atomic E-state index is 12.9. The first-order chi connectivity index (χ1) is 15.5. The van der Waals surface area contributed by atoms with Crippen molar-refractivity contribution in [3.8, 4) is 11.5 Å². The van der Waals surface area contributed by atoms with Crippen LogP contribution in [0.5, 0.6) is 11.5 Å². The van der Waals surface area contributed by atoms with Crippen LogP contribution in [0.3, 0.4) is 0 Å². The van der Waals surface area contributed by atoms with Crippen molar-refractivity contribution in [1.29, 1.82) is 0 Å². The molecule has 2 aromatic carbocycles. The van der Waals surface area contributed by atoms with Crippen LogP contribution >= 0.6 is 0 Å². The summed E-state index contributed by atoms with van der Waals surface area (Å²) in [6, 6.07) is 14.3. The third kappa shape index (κ3) is 3.70. The van der Waals surface area contributed by atoms with E-state index in [1.54, 1.807) is 25.3 Å². The maximum absolute atomic E-state index is 12.9. The van der Waals surface area contributed by atoms with E-state index in [2.05, 4.69) is 40.5 Å². The summed E-state index contributed by atoms with van der Waals surface area (Å²) in [7, 11) is 3.85. The first-order valence-electron chi connectivity index (χ1n) is 11.1. The number of allylic oxidation sites excluding steroid dienone is 1. The minimum Gasteiger partial charge on any atom is -0.497 e. The Labute approximate surface area is 188 Å². The van der Waals surface area contributed by atoms with Crippen molar-refractivity contribution in [3.63, 3.8) is 0 Å². The van der Waals surface area contributed by atoms with E-state index < -0.39 is 0 Å². The maximum Gasteiger partial charge on any atom is 0.231 e. The van der Waals surface area contributed by atoms with Crippen LogP contribution in [-0.4, -0.2) is 67.0 Å². The largest absolute Gasteiger partial charge is 0.497 e. The summed E-state index contributed by atoms with van der Waals surface area (Å²) >= 11 is 0. The van der Waals surface area contributed by atoms with Gasteiger partial charge in [0.25, 0.3) is 0 Å². The Bertz CT molecular complexity index is 1200. The Morgan fingerprint density at radius 2 is 1.97 bits per heavy atom. The van der Waals surface area contributed by atoms with Crippen LogP contribution in [0.15, 0.2) is 42.2 Å². The smallest absolute Gasteiger partial charge is 0.231 e. The number of rotatable bonds is 5. The van der Waals surface area contributed by atoms with Gasteiger partial charge in [-0.2, -0.15) is 0 Å². The van der Waals surface area contributed by atoms with Gasteiger partial charge in [-0.05, 0) is 56.4 Å². The molecule has 3 heterocycles. The number of likely N-dealkylation sites (N-methyl/N-ethyl adjacent to an activating group) is 1. The second-order valence-corrected chi connectivity index (χ2v) is 8.54. The number of aromatic nitrogens is 1. The fourth-order valence-electron chi connectivity index (χ4n) is 4.61. The summed E-state index contributed by atoms with van der Waals surface area (Å²) in [6.07, 6.45) is 1.88. The molecule has 0 atom stereocenters. The molecule has 1 aromatic heterocycles. The van der Waals surface area contributed by atoms with Crippen molar-refractivity contribution in [2.75, 3.05) is 46.9 Å². The van der Waals surface area contributed by atoms with E-state index in [0.717, 1.165) is 67.2 Å². The summed E-state index contributed by atoms with van der Waals surface area (Å²) in [4.78, 5) is 17.8. The second kappa shape index (κ2) is 8.45.